The highest BCUT2D eigenvalue weighted by atomic mass is 16.2. The van der Waals surface area contributed by atoms with Gasteiger partial charge < -0.3 is 15.5 Å². The van der Waals surface area contributed by atoms with Gasteiger partial charge in [0.05, 0.1) is 6.04 Å². The monoisotopic (exact) mass is 253 g/mol. The van der Waals surface area contributed by atoms with Crippen LogP contribution in [0.5, 0.6) is 0 Å². The Kier molecular flexibility index (Phi) is 5.45. The van der Waals surface area contributed by atoms with Gasteiger partial charge in [-0.05, 0) is 64.2 Å². The molecular weight excluding hydrogens is 226 g/mol. The van der Waals surface area contributed by atoms with Crippen LogP contribution in [0, 0.1) is 5.92 Å². The summed E-state index contributed by atoms with van der Waals surface area (Å²) in [7, 11) is 0. The Labute approximate surface area is 110 Å². The van der Waals surface area contributed by atoms with E-state index in [1.807, 2.05) is 0 Å². The number of piperidine rings is 1. The smallest absolute Gasteiger partial charge is 0.237 e. The Morgan fingerprint density at radius 1 is 1.28 bits per heavy atom. The summed E-state index contributed by atoms with van der Waals surface area (Å²) in [6, 6.07) is 0.0525. The molecule has 2 heterocycles. The van der Waals surface area contributed by atoms with Crippen molar-refractivity contribution < 1.29 is 4.79 Å². The number of amides is 1. The van der Waals surface area contributed by atoms with E-state index in [0.717, 1.165) is 38.3 Å². The number of hydrogen-bond acceptors (Lipinski definition) is 3. The van der Waals surface area contributed by atoms with Gasteiger partial charge >= 0.3 is 0 Å². The van der Waals surface area contributed by atoms with Gasteiger partial charge in [-0.3, -0.25) is 4.79 Å². The Morgan fingerprint density at radius 3 is 2.78 bits per heavy atom. The molecule has 1 atom stereocenters. The second-order valence-electron chi connectivity index (χ2n) is 5.63. The van der Waals surface area contributed by atoms with Crippen LogP contribution in [-0.2, 0) is 4.79 Å². The van der Waals surface area contributed by atoms with Gasteiger partial charge in [-0.25, -0.2) is 0 Å². The molecule has 2 rings (SSSR count). The highest BCUT2D eigenvalue weighted by molar-refractivity contribution is 5.81. The number of rotatable bonds is 4. The number of carbonyl (C=O) groups excluding carboxylic acids is 1. The summed E-state index contributed by atoms with van der Waals surface area (Å²) in [4.78, 5) is 14.3. The van der Waals surface area contributed by atoms with Gasteiger partial charge in [0.2, 0.25) is 5.91 Å². The molecule has 18 heavy (non-hydrogen) atoms. The summed E-state index contributed by atoms with van der Waals surface area (Å²) >= 11 is 0. The van der Waals surface area contributed by atoms with Crippen LogP contribution in [0.25, 0.3) is 0 Å². The van der Waals surface area contributed by atoms with E-state index in [4.69, 9.17) is 0 Å². The molecular formula is C14H27N3O. The van der Waals surface area contributed by atoms with Gasteiger partial charge in [-0.1, -0.05) is 6.92 Å². The van der Waals surface area contributed by atoms with Crippen LogP contribution in [0.4, 0.5) is 0 Å². The van der Waals surface area contributed by atoms with E-state index in [2.05, 4.69) is 22.5 Å². The minimum Gasteiger partial charge on any atom is -0.355 e. The Morgan fingerprint density at radius 2 is 2.06 bits per heavy atom. The lowest BCUT2D eigenvalue weighted by atomic mass is 9.96. The lowest BCUT2D eigenvalue weighted by Gasteiger charge is -2.31. The molecule has 0 aromatic carbocycles. The van der Waals surface area contributed by atoms with Gasteiger partial charge in [-0.15, -0.1) is 0 Å². The van der Waals surface area contributed by atoms with Crippen molar-refractivity contribution in [2.75, 3.05) is 32.7 Å². The van der Waals surface area contributed by atoms with Crippen LogP contribution in [0.2, 0.25) is 0 Å². The molecule has 2 aliphatic heterocycles. The fraction of sp³-hybridized carbons (Fsp3) is 0.929. The number of hydrogen-bond donors (Lipinski definition) is 2. The normalized spacial score (nSPS) is 27.8. The topological polar surface area (TPSA) is 44.4 Å². The molecule has 0 saturated carbocycles. The van der Waals surface area contributed by atoms with Crippen LogP contribution in [0.3, 0.4) is 0 Å². The third kappa shape index (κ3) is 3.95. The maximum Gasteiger partial charge on any atom is 0.237 e. The summed E-state index contributed by atoms with van der Waals surface area (Å²) in [6.07, 6.45) is 5.83. The minimum atomic E-state index is 0.0525. The van der Waals surface area contributed by atoms with E-state index in [1.54, 1.807) is 0 Å². The molecule has 104 valence electrons. The molecule has 0 aromatic heterocycles. The van der Waals surface area contributed by atoms with Crippen molar-refractivity contribution in [1.82, 2.24) is 15.5 Å². The molecule has 4 heteroatoms. The molecule has 4 nitrogen and oxygen atoms in total. The molecule has 0 bridgehead atoms. The van der Waals surface area contributed by atoms with E-state index in [1.165, 1.54) is 32.5 Å². The first-order chi connectivity index (χ1) is 8.79. The molecule has 2 aliphatic rings. The highest BCUT2D eigenvalue weighted by Crippen LogP contribution is 2.16. The van der Waals surface area contributed by atoms with Crippen LogP contribution < -0.4 is 10.6 Å². The fourth-order valence-corrected chi connectivity index (χ4v) is 2.95. The summed E-state index contributed by atoms with van der Waals surface area (Å²) < 4.78 is 0. The molecule has 2 N–H and O–H groups in total. The predicted molar refractivity (Wildman–Crippen MR) is 73.5 cm³/mol. The van der Waals surface area contributed by atoms with Crippen molar-refractivity contribution in [3.8, 4) is 0 Å². The van der Waals surface area contributed by atoms with Gasteiger partial charge in [-0.2, -0.15) is 0 Å². The largest absolute Gasteiger partial charge is 0.355 e. The van der Waals surface area contributed by atoms with Gasteiger partial charge in [0.25, 0.3) is 0 Å². The van der Waals surface area contributed by atoms with Crippen LogP contribution in [-0.4, -0.2) is 49.6 Å². The molecule has 2 fully saturated rings. The van der Waals surface area contributed by atoms with Crippen LogP contribution >= 0.6 is 0 Å². The maximum atomic E-state index is 11.8. The minimum absolute atomic E-state index is 0.0525. The van der Waals surface area contributed by atoms with E-state index in [9.17, 15) is 4.79 Å². The second kappa shape index (κ2) is 7.10. The summed E-state index contributed by atoms with van der Waals surface area (Å²) in [5, 5.41) is 6.47. The van der Waals surface area contributed by atoms with Crippen molar-refractivity contribution in [3.63, 3.8) is 0 Å². The zero-order chi connectivity index (χ0) is 12.8. The molecule has 2 saturated heterocycles. The molecule has 0 spiro atoms. The molecule has 0 aromatic rings. The molecule has 1 unspecified atom stereocenters. The van der Waals surface area contributed by atoms with Gasteiger partial charge in [0, 0.05) is 6.54 Å². The van der Waals surface area contributed by atoms with Crippen molar-refractivity contribution in [3.05, 3.63) is 0 Å². The average Bonchev–Trinajstić information content (AvgIpc) is 2.62. The number of nitrogens with zero attached hydrogens (tertiary/aromatic N) is 1. The molecule has 1 amide bonds. The number of carbonyl (C=O) groups is 1. The third-order valence-corrected chi connectivity index (χ3v) is 4.34. The van der Waals surface area contributed by atoms with Crippen LogP contribution in [0.1, 0.15) is 39.0 Å². The van der Waals surface area contributed by atoms with E-state index >= 15 is 0 Å². The first-order valence-corrected chi connectivity index (χ1v) is 7.53. The van der Waals surface area contributed by atoms with E-state index < -0.39 is 0 Å². The first-order valence-electron chi connectivity index (χ1n) is 7.53. The second-order valence-corrected chi connectivity index (χ2v) is 5.63. The quantitative estimate of drug-likeness (QED) is 0.785. The molecule has 0 radical (unpaired) electrons. The van der Waals surface area contributed by atoms with Crippen molar-refractivity contribution in [2.24, 2.45) is 5.92 Å². The SMILES string of the molecule is CCN1CCC(CNC2CCCCNC2=O)CC1. The Bertz CT molecular complexity index is 262. The Hall–Kier alpha value is -0.610. The Balaban J connectivity index is 1.69. The van der Waals surface area contributed by atoms with Gasteiger partial charge in [0.1, 0.15) is 0 Å². The van der Waals surface area contributed by atoms with E-state index in [0.29, 0.717) is 0 Å². The van der Waals surface area contributed by atoms with E-state index in [-0.39, 0.29) is 11.9 Å². The highest BCUT2D eigenvalue weighted by Gasteiger charge is 2.23. The third-order valence-electron chi connectivity index (χ3n) is 4.34. The number of nitrogens with one attached hydrogen (secondary N) is 2. The predicted octanol–water partition coefficient (Wildman–Crippen LogP) is 0.977. The number of likely N-dealkylation sites (tertiary alicyclic amines) is 1. The van der Waals surface area contributed by atoms with Crippen molar-refractivity contribution >= 4 is 5.91 Å². The summed E-state index contributed by atoms with van der Waals surface area (Å²) in [6.45, 7) is 7.71. The average molecular weight is 253 g/mol. The standard InChI is InChI=1S/C14H27N3O/c1-2-17-9-6-12(7-10-17)11-16-13-5-3-4-8-15-14(13)18/h12-13,16H,2-11H2,1H3,(H,15,18). The zero-order valence-corrected chi connectivity index (χ0v) is 11.6. The van der Waals surface area contributed by atoms with Crippen LogP contribution in [0.15, 0.2) is 0 Å². The first kappa shape index (κ1) is 13.8. The summed E-state index contributed by atoms with van der Waals surface area (Å²) in [5.41, 5.74) is 0. The lowest BCUT2D eigenvalue weighted by molar-refractivity contribution is -0.122. The van der Waals surface area contributed by atoms with Crippen molar-refractivity contribution in [2.45, 2.75) is 45.1 Å². The lowest BCUT2D eigenvalue weighted by Crippen LogP contribution is -2.46. The zero-order valence-electron chi connectivity index (χ0n) is 11.6. The maximum absolute atomic E-state index is 11.8. The van der Waals surface area contributed by atoms with Gasteiger partial charge in [0.15, 0.2) is 0 Å². The fourth-order valence-electron chi connectivity index (χ4n) is 2.95. The molecule has 0 aliphatic carbocycles. The van der Waals surface area contributed by atoms with Crippen molar-refractivity contribution in [1.29, 1.82) is 0 Å². The summed E-state index contributed by atoms with van der Waals surface area (Å²) in [5.74, 6) is 0.961.